The Morgan fingerprint density at radius 3 is 2.52 bits per heavy atom. The lowest BCUT2D eigenvalue weighted by Gasteiger charge is -2.32. The fraction of sp³-hybridized carbons (Fsp3) is 0.588. The molecule has 25 heavy (non-hydrogen) atoms. The normalized spacial score (nSPS) is 22.1. The zero-order chi connectivity index (χ0) is 18.2. The Labute approximate surface area is 153 Å². The number of fused-ring (bicyclic) bond motifs is 1. The molecule has 1 aromatic rings. The second-order valence-corrected chi connectivity index (χ2v) is 9.19. The molecule has 8 heteroatoms. The minimum Gasteiger partial charge on any atom is -0.478 e. The van der Waals surface area contributed by atoms with Crippen LogP contribution in [0.5, 0.6) is 5.75 Å². The summed E-state index contributed by atoms with van der Waals surface area (Å²) in [6.45, 7) is 3.83. The maximum atomic E-state index is 12.9. The summed E-state index contributed by atoms with van der Waals surface area (Å²) >= 11 is 6.03. The van der Waals surface area contributed by atoms with Crippen LogP contribution in [0.15, 0.2) is 18.2 Å². The molecule has 0 spiro atoms. The number of carbonyl (C=O) groups is 1. The summed E-state index contributed by atoms with van der Waals surface area (Å²) in [6, 6.07) is 4.82. The number of hydrogen-bond acceptors (Lipinski definition) is 4. The fourth-order valence-corrected chi connectivity index (χ4v) is 4.41. The highest BCUT2D eigenvalue weighted by molar-refractivity contribution is 7.92. The van der Waals surface area contributed by atoms with Gasteiger partial charge >= 0.3 is 0 Å². The van der Waals surface area contributed by atoms with Crippen molar-refractivity contribution in [2.45, 2.75) is 32.3 Å². The van der Waals surface area contributed by atoms with Crippen molar-refractivity contribution in [3.63, 3.8) is 0 Å². The number of piperidine rings is 1. The van der Waals surface area contributed by atoms with Gasteiger partial charge in [-0.2, -0.15) is 0 Å². The third-order valence-electron chi connectivity index (χ3n) is 4.82. The van der Waals surface area contributed by atoms with Gasteiger partial charge in [0, 0.05) is 31.1 Å². The molecule has 0 unspecified atom stereocenters. The van der Waals surface area contributed by atoms with Crippen molar-refractivity contribution in [1.82, 2.24) is 4.90 Å². The van der Waals surface area contributed by atoms with E-state index in [1.807, 2.05) is 4.90 Å². The largest absolute Gasteiger partial charge is 0.478 e. The molecule has 1 amide bonds. The molecular formula is C17H23ClN2O4S. The van der Waals surface area contributed by atoms with Gasteiger partial charge < -0.3 is 9.64 Å². The van der Waals surface area contributed by atoms with Gasteiger partial charge in [0.15, 0.2) is 6.10 Å². The summed E-state index contributed by atoms with van der Waals surface area (Å²) in [5.41, 5.74) is 0.387. The Bertz CT molecular complexity index is 760. The molecule has 0 aliphatic carbocycles. The van der Waals surface area contributed by atoms with E-state index in [2.05, 4.69) is 6.92 Å². The van der Waals surface area contributed by atoms with E-state index in [0.717, 1.165) is 32.2 Å². The van der Waals surface area contributed by atoms with Gasteiger partial charge in [-0.3, -0.25) is 9.10 Å². The molecule has 3 rings (SSSR count). The van der Waals surface area contributed by atoms with E-state index < -0.39 is 16.1 Å². The van der Waals surface area contributed by atoms with Gasteiger partial charge in [-0.15, -0.1) is 0 Å². The van der Waals surface area contributed by atoms with Crippen molar-refractivity contribution >= 4 is 33.2 Å². The molecule has 1 fully saturated rings. The maximum Gasteiger partial charge on any atom is 0.263 e. The van der Waals surface area contributed by atoms with E-state index in [1.54, 1.807) is 18.2 Å². The summed E-state index contributed by atoms with van der Waals surface area (Å²) in [7, 11) is -3.49. The molecule has 0 radical (unpaired) electrons. The number of hydrogen-bond donors (Lipinski definition) is 0. The van der Waals surface area contributed by atoms with Crippen LogP contribution in [0.1, 0.15) is 26.2 Å². The van der Waals surface area contributed by atoms with Crippen LogP contribution in [0.25, 0.3) is 0 Å². The second kappa shape index (κ2) is 7.03. The first-order valence-electron chi connectivity index (χ1n) is 8.48. The van der Waals surface area contributed by atoms with Gasteiger partial charge in [0.1, 0.15) is 5.75 Å². The Morgan fingerprint density at radius 1 is 1.20 bits per heavy atom. The number of anilines is 1. The van der Waals surface area contributed by atoms with Gasteiger partial charge in [-0.1, -0.05) is 18.5 Å². The Balaban J connectivity index is 1.86. The summed E-state index contributed by atoms with van der Waals surface area (Å²) in [5, 5.41) is 0.422. The third-order valence-corrected chi connectivity index (χ3v) is 6.24. The van der Waals surface area contributed by atoms with Crippen LogP contribution in [0, 0.1) is 5.92 Å². The quantitative estimate of drug-likeness (QED) is 0.783. The Hall–Kier alpha value is -1.47. The van der Waals surface area contributed by atoms with Crippen molar-refractivity contribution in [3.8, 4) is 5.75 Å². The van der Waals surface area contributed by atoms with E-state index in [0.29, 0.717) is 28.8 Å². The van der Waals surface area contributed by atoms with Crippen LogP contribution in [0.2, 0.25) is 5.02 Å². The van der Waals surface area contributed by atoms with Crippen LogP contribution < -0.4 is 9.04 Å². The lowest BCUT2D eigenvalue weighted by molar-refractivity contribution is -0.140. The molecule has 2 aliphatic heterocycles. The summed E-state index contributed by atoms with van der Waals surface area (Å²) in [4.78, 5) is 14.7. The number of benzene rings is 1. The van der Waals surface area contributed by atoms with Crippen molar-refractivity contribution in [2.24, 2.45) is 5.92 Å². The molecule has 2 aliphatic rings. The number of likely N-dealkylation sites (tertiary alicyclic amines) is 1. The van der Waals surface area contributed by atoms with Gasteiger partial charge in [-0.25, -0.2) is 8.42 Å². The molecule has 0 saturated carbocycles. The van der Waals surface area contributed by atoms with Crippen molar-refractivity contribution in [2.75, 3.05) is 30.2 Å². The highest BCUT2D eigenvalue weighted by Crippen LogP contribution is 2.36. The first-order chi connectivity index (χ1) is 11.8. The predicted molar refractivity (Wildman–Crippen MR) is 97.7 cm³/mol. The van der Waals surface area contributed by atoms with E-state index in [9.17, 15) is 13.2 Å². The predicted octanol–water partition coefficient (Wildman–Crippen LogP) is 2.52. The topological polar surface area (TPSA) is 66.9 Å². The molecule has 2 heterocycles. The molecule has 138 valence electrons. The van der Waals surface area contributed by atoms with Crippen molar-refractivity contribution in [3.05, 3.63) is 23.2 Å². The number of nitrogens with zero attached hydrogens (tertiary/aromatic N) is 2. The summed E-state index contributed by atoms with van der Waals surface area (Å²) in [6.07, 6.45) is 2.75. The average Bonchev–Trinajstić information content (AvgIpc) is 2.73. The molecule has 0 N–H and O–H groups in total. The van der Waals surface area contributed by atoms with E-state index >= 15 is 0 Å². The van der Waals surface area contributed by atoms with E-state index in [-0.39, 0.29) is 12.5 Å². The van der Waals surface area contributed by atoms with Crippen LogP contribution >= 0.6 is 11.6 Å². The second-order valence-electron chi connectivity index (χ2n) is 6.85. The number of rotatable bonds is 2. The van der Waals surface area contributed by atoms with Gasteiger partial charge in [0.25, 0.3) is 5.91 Å². The maximum absolute atomic E-state index is 12.9. The summed E-state index contributed by atoms with van der Waals surface area (Å²) < 4.78 is 31.5. The average molecular weight is 387 g/mol. The number of halogens is 1. The van der Waals surface area contributed by atoms with E-state index in [1.165, 1.54) is 4.31 Å². The molecule has 1 saturated heterocycles. The highest BCUT2D eigenvalue weighted by atomic mass is 35.5. The van der Waals surface area contributed by atoms with Crippen molar-refractivity contribution < 1.29 is 17.9 Å². The molecule has 1 aromatic carbocycles. The number of ether oxygens (including phenoxy) is 1. The highest BCUT2D eigenvalue weighted by Gasteiger charge is 2.34. The van der Waals surface area contributed by atoms with Crippen molar-refractivity contribution in [1.29, 1.82) is 0 Å². The summed E-state index contributed by atoms with van der Waals surface area (Å²) in [5.74, 6) is 0.932. The molecular weight excluding hydrogens is 364 g/mol. The molecule has 0 aromatic heterocycles. The van der Waals surface area contributed by atoms with E-state index in [4.69, 9.17) is 16.3 Å². The smallest absolute Gasteiger partial charge is 0.263 e. The van der Waals surface area contributed by atoms with Gasteiger partial charge in [0.2, 0.25) is 10.0 Å². The standard InChI is InChI=1S/C17H23ClN2O4S/c1-12-5-8-19(9-6-12)17(21)16-7-10-20(25(2,22)23)14-11-13(18)3-4-15(14)24-16/h3-4,11-12,16H,5-10H2,1-2H3/t16-/m0/s1. The number of amides is 1. The van der Waals surface area contributed by atoms with Gasteiger partial charge in [0.05, 0.1) is 11.9 Å². The van der Waals surface area contributed by atoms with Crippen LogP contribution in [-0.2, 0) is 14.8 Å². The number of carbonyl (C=O) groups excluding carboxylic acids is 1. The number of sulfonamides is 1. The molecule has 1 atom stereocenters. The van der Waals surface area contributed by atoms with Gasteiger partial charge in [-0.05, 0) is 37.0 Å². The molecule has 6 nitrogen and oxygen atoms in total. The SMILES string of the molecule is CC1CCN(C(=O)[C@@H]2CCN(S(C)(=O)=O)c3cc(Cl)ccc3O2)CC1. The third kappa shape index (κ3) is 4.03. The Morgan fingerprint density at radius 2 is 1.88 bits per heavy atom. The first kappa shape index (κ1) is 18.3. The zero-order valence-corrected chi connectivity index (χ0v) is 16.0. The zero-order valence-electron chi connectivity index (χ0n) is 14.4. The van der Waals surface area contributed by atoms with Crippen LogP contribution in [-0.4, -0.2) is 51.2 Å². The minimum absolute atomic E-state index is 0.0665. The Kier molecular flexibility index (Phi) is 5.16. The monoisotopic (exact) mass is 386 g/mol. The molecule has 0 bridgehead atoms. The van der Waals surface area contributed by atoms with Crippen LogP contribution in [0.4, 0.5) is 5.69 Å². The van der Waals surface area contributed by atoms with Crippen LogP contribution in [0.3, 0.4) is 0 Å². The minimum atomic E-state index is -3.49. The lowest BCUT2D eigenvalue weighted by Crippen LogP contribution is -2.46. The lowest BCUT2D eigenvalue weighted by atomic mass is 9.98. The first-order valence-corrected chi connectivity index (χ1v) is 10.7. The fourth-order valence-electron chi connectivity index (χ4n) is 3.30.